The van der Waals surface area contributed by atoms with Crippen LogP contribution in [0.1, 0.15) is 85.5 Å². The Kier molecular flexibility index (Phi) is 4.78. The van der Waals surface area contributed by atoms with Crippen molar-refractivity contribution in [3.8, 4) is 0 Å². The van der Waals surface area contributed by atoms with Crippen LogP contribution in [0.3, 0.4) is 0 Å². The van der Waals surface area contributed by atoms with Crippen LogP contribution in [0.4, 0.5) is 0 Å². The van der Waals surface area contributed by atoms with Crippen LogP contribution in [-0.4, -0.2) is 40.9 Å². The Bertz CT molecular complexity index is 716. The smallest absolute Gasteiger partial charge is 0.171 e. The molecule has 2 N–H and O–H groups in total. The third-order valence-electron chi connectivity index (χ3n) is 12.0. The van der Waals surface area contributed by atoms with Gasteiger partial charge in [0.05, 0.1) is 24.9 Å². The molecule has 0 unspecified atom stereocenters. The molecule has 31 heavy (non-hydrogen) atoms. The summed E-state index contributed by atoms with van der Waals surface area (Å²) >= 11 is 0. The van der Waals surface area contributed by atoms with Crippen molar-refractivity contribution in [1.82, 2.24) is 0 Å². The van der Waals surface area contributed by atoms with Crippen molar-refractivity contribution in [3.63, 3.8) is 0 Å². The number of rotatable bonds is 0. The molecule has 4 saturated carbocycles. The van der Waals surface area contributed by atoms with Gasteiger partial charge >= 0.3 is 0 Å². The predicted molar refractivity (Wildman–Crippen MR) is 119 cm³/mol. The van der Waals surface area contributed by atoms with Gasteiger partial charge in [-0.1, -0.05) is 27.7 Å². The Balaban J connectivity index is 1.27. The molecule has 0 aromatic rings. The molecule has 0 aromatic heterocycles. The van der Waals surface area contributed by atoms with E-state index in [1.54, 1.807) is 0 Å². The average Bonchev–Trinajstić information content (AvgIpc) is 3.16. The summed E-state index contributed by atoms with van der Waals surface area (Å²) in [6.45, 7) is 10.5. The molecule has 6 rings (SSSR count). The highest BCUT2D eigenvalue weighted by atomic mass is 16.7. The molecule has 2 heterocycles. The number of aliphatic hydroxyl groups is 2. The first-order valence-corrected chi connectivity index (χ1v) is 13.4. The topological polar surface area (TPSA) is 58.9 Å². The van der Waals surface area contributed by atoms with E-state index in [4.69, 9.17) is 9.47 Å². The second-order valence-corrected chi connectivity index (χ2v) is 13.2. The van der Waals surface area contributed by atoms with Crippen LogP contribution in [-0.2, 0) is 9.47 Å². The molecule has 2 aliphatic heterocycles. The summed E-state index contributed by atoms with van der Waals surface area (Å²) in [5.74, 6) is 3.89. The second kappa shape index (κ2) is 6.93. The van der Waals surface area contributed by atoms with E-state index in [9.17, 15) is 10.2 Å². The van der Waals surface area contributed by atoms with Crippen LogP contribution in [0, 0.1) is 52.3 Å². The molecule has 0 aromatic carbocycles. The summed E-state index contributed by atoms with van der Waals surface area (Å²) in [7, 11) is 0. The Morgan fingerprint density at radius 3 is 2.42 bits per heavy atom. The van der Waals surface area contributed by atoms with Crippen molar-refractivity contribution in [2.45, 2.75) is 110 Å². The molecule has 1 spiro atoms. The van der Waals surface area contributed by atoms with E-state index in [2.05, 4.69) is 27.7 Å². The SMILES string of the molecule is C[C@H]1CC[C@@]2(OC1)O[C@H]1C[C@H]3[C@@H]4CC[C@H]5C[C@H](O)C[C@@H](O)[C@]5(C)[C@H]4CC[C@]3(C)[C@H]1[C@@H]2C. The molecule has 0 bridgehead atoms. The van der Waals surface area contributed by atoms with Crippen molar-refractivity contribution in [2.75, 3.05) is 6.61 Å². The number of ether oxygens (including phenoxy) is 2. The number of aliphatic hydroxyl groups excluding tert-OH is 2. The van der Waals surface area contributed by atoms with Crippen molar-refractivity contribution in [2.24, 2.45) is 52.3 Å². The minimum absolute atomic E-state index is 0.0164. The van der Waals surface area contributed by atoms with E-state index < -0.39 is 0 Å². The molecule has 176 valence electrons. The van der Waals surface area contributed by atoms with Crippen LogP contribution in [0.25, 0.3) is 0 Å². The van der Waals surface area contributed by atoms with Crippen LogP contribution in [0.15, 0.2) is 0 Å². The highest BCUT2D eigenvalue weighted by molar-refractivity contribution is 5.16. The first-order valence-electron chi connectivity index (χ1n) is 13.4. The van der Waals surface area contributed by atoms with Gasteiger partial charge in [-0.25, -0.2) is 0 Å². The Morgan fingerprint density at radius 1 is 0.871 bits per heavy atom. The van der Waals surface area contributed by atoms with Crippen molar-refractivity contribution >= 4 is 0 Å². The van der Waals surface area contributed by atoms with E-state index in [1.165, 1.54) is 38.5 Å². The summed E-state index contributed by atoms with van der Waals surface area (Å²) in [5, 5.41) is 21.5. The number of hydrogen-bond donors (Lipinski definition) is 2. The molecule has 4 aliphatic carbocycles. The van der Waals surface area contributed by atoms with E-state index in [0.717, 1.165) is 19.4 Å². The summed E-state index contributed by atoms with van der Waals surface area (Å²) < 4.78 is 13.3. The fourth-order valence-electron chi connectivity index (χ4n) is 10.3. The summed E-state index contributed by atoms with van der Waals surface area (Å²) in [5.41, 5.74) is 0.320. The van der Waals surface area contributed by atoms with Gasteiger partial charge in [-0.05, 0) is 97.7 Å². The second-order valence-electron chi connectivity index (χ2n) is 13.2. The number of hydrogen-bond acceptors (Lipinski definition) is 4. The average molecular weight is 433 g/mol. The lowest BCUT2D eigenvalue weighted by Crippen LogP contribution is -2.59. The molecule has 2 saturated heterocycles. The fourth-order valence-corrected chi connectivity index (χ4v) is 10.3. The largest absolute Gasteiger partial charge is 0.393 e. The maximum absolute atomic E-state index is 11.2. The van der Waals surface area contributed by atoms with Crippen LogP contribution >= 0.6 is 0 Å². The lowest BCUT2D eigenvalue weighted by Gasteiger charge is -2.62. The number of fused-ring (bicyclic) bond motifs is 7. The van der Waals surface area contributed by atoms with Gasteiger partial charge in [-0.2, -0.15) is 0 Å². The van der Waals surface area contributed by atoms with Gasteiger partial charge < -0.3 is 19.7 Å². The van der Waals surface area contributed by atoms with Gasteiger partial charge in [0.25, 0.3) is 0 Å². The highest BCUT2D eigenvalue weighted by Crippen LogP contribution is 2.71. The molecule has 6 aliphatic rings. The molecule has 13 atom stereocenters. The van der Waals surface area contributed by atoms with E-state index >= 15 is 0 Å². The summed E-state index contributed by atoms with van der Waals surface area (Å²) in [4.78, 5) is 0. The zero-order valence-corrected chi connectivity index (χ0v) is 20.1. The lowest BCUT2D eigenvalue weighted by molar-refractivity contribution is -0.273. The fraction of sp³-hybridized carbons (Fsp3) is 1.00. The third kappa shape index (κ3) is 2.74. The molecule has 0 radical (unpaired) electrons. The monoisotopic (exact) mass is 432 g/mol. The van der Waals surface area contributed by atoms with Crippen LogP contribution in [0.2, 0.25) is 0 Å². The normalized spacial score (nSPS) is 63.3. The lowest BCUT2D eigenvalue weighted by atomic mass is 9.43. The molecular formula is C27H44O4. The minimum Gasteiger partial charge on any atom is -0.393 e. The Morgan fingerprint density at radius 2 is 1.68 bits per heavy atom. The van der Waals surface area contributed by atoms with Gasteiger partial charge in [0.1, 0.15) is 0 Å². The summed E-state index contributed by atoms with van der Waals surface area (Å²) in [6, 6.07) is 0. The Labute approximate surface area is 188 Å². The van der Waals surface area contributed by atoms with Crippen molar-refractivity contribution in [1.29, 1.82) is 0 Å². The quantitative estimate of drug-likeness (QED) is 0.579. The van der Waals surface area contributed by atoms with Crippen molar-refractivity contribution < 1.29 is 19.7 Å². The van der Waals surface area contributed by atoms with E-state index in [1.807, 2.05) is 0 Å². The molecule has 4 heteroatoms. The predicted octanol–water partition coefficient (Wildman–Crippen LogP) is 4.76. The van der Waals surface area contributed by atoms with Gasteiger partial charge in [-0.15, -0.1) is 0 Å². The Hall–Kier alpha value is -0.160. The molecule has 4 nitrogen and oxygen atoms in total. The van der Waals surface area contributed by atoms with Crippen LogP contribution < -0.4 is 0 Å². The van der Waals surface area contributed by atoms with Gasteiger partial charge in [-0.3, -0.25) is 0 Å². The minimum atomic E-state index is -0.351. The first kappa shape index (κ1) is 21.4. The van der Waals surface area contributed by atoms with Gasteiger partial charge in [0.15, 0.2) is 5.79 Å². The van der Waals surface area contributed by atoms with E-state index in [-0.39, 0.29) is 23.4 Å². The van der Waals surface area contributed by atoms with E-state index in [0.29, 0.717) is 59.4 Å². The maximum atomic E-state index is 11.2. The molecular weight excluding hydrogens is 388 g/mol. The van der Waals surface area contributed by atoms with Gasteiger partial charge in [0, 0.05) is 12.3 Å². The van der Waals surface area contributed by atoms with Crippen molar-refractivity contribution in [3.05, 3.63) is 0 Å². The summed E-state index contributed by atoms with van der Waals surface area (Å²) in [6.07, 6.45) is 9.56. The highest BCUT2D eigenvalue weighted by Gasteiger charge is 2.69. The van der Waals surface area contributed by atoms with Crippen LogP contribution in [0.5, 0.6) is 0 Å². The molecule has 6 fully saturated rings. The maximum Gasteiger partial charge on any atom is 0.171 e. The zero-order valence-electron chi connectivity index (χ0n) is 20.1. The standard InChI is InChI=1S/C27H44O4/c1-15-7-10-27(30-14-15)16(2)24-22(31-27)13-21-19-6-5-17-11-18(28)12-23(29)26(17,4)20(19)8-9-25(21,24)3/h15-24,28-29H,5-14H2,1-4H3/t15-,16-,17-,18-,19+,20-,21-,22-,23+,24-,25-,26-,27+/m0/s1. The first-order chi connectivity index (χ1) is 14.7. The molecule has 0 amide bonds. The zero-order chi connectivity index (χ0) is 21.8. The van der Waals surface area contributed by atoms with Gasteiger partial charge in [0.2, 0.25) is 0 Å². The third-order valence-corrected chi connectivity index (χ3v) is 12.0.